The molecule has 0 aliphatic heterocycles. The molecule has 0 saturated heterocycles. The first kappa shape index (κ1) is 16.6. The van der Waals surface area contributed by atoms with Gasteiger partial charge in [0, 0.05) is 18.0 Å². The Labute approximate surface area is 136 Å². The fourth-order valence-electron chi connectivity index (χ4n) is 2.28. The van der Waals surface area contributed by atoms with E-state index in [0.717, 1.165) is 17.7 Å². The predicted molar refractivity (Wildman–Crippen MR) is 88.3 cm³/mol. The van der Waals surface area contributed by atoms with E-state index in [9.17, 15) is 4.79 Å². The number of rotatable bonds is 6. The zero-order valence-corrected chi connectivity index (χ0v) is 13.9. The zero-order valence-electron chi connectivity index (χ0n) is 13.1. The molecule has 1 aromatic carbocycles. The molecule has 0 saturated carbocycles. The van der Waals surface area contributed by atoms with Crippen LogP contribution >= 0.6 is 11.6 Å². The van der Waals surface area contributed by atoms with E-state index in [-0.39, 0.29) is 11.9 Å². The van der Waals surface area contributed by atoms with Crippen LogP contribution in [0.2, 0.25) is 5.02 Å². The Morgan fingerprint density at radius 2 is 2.00 bits per heavy atom. The van der Waals surface area contributed by atoms with E-state index in [2.05, 4.69) is 5.32 Å². The molecule has 1 unspecified atom stereocenters. The first-order valence-corrected chi connectivity index (χ1v) is 7.68. The number of carbonyl (C=O) groups is 1. The third kappa shape index (κ3) is 3.90. The molecule has 1 heterocycles. The SMILES string of the molecule is CCc1ccc(C(=O)NCC(c2ccccc2Cl)N(C)C)o1. The van der Waals surface area contributed by atoms with Crippen LogP contribution in [0.1, 0.15) is 34.8 Å². The second-order valence-electron chi connectivity index (χ2n) is 5.33. The minimum atomic E-state index is -0.210. The van der Waals surface area contributed by atoms with Gasteiger partial charge in [0.05, 0.1) is 6.04 Å². The van der Waals surface area contributed by atoms with Gasteiger partial charge in [-0.05, 0) is 37.9 Å². The quantitative estimate of drug-likeness (QED) is 0.885. The van der Waals surface area contributed by atoms with Crippen LogP contribution in [0.15, 0.2) is 40.8 Å². The van der Waals surface area contributed by atoms with Gasteiger partial charge in [0.15, 0.2) is 5.76 Å². The van der Waals surface area contributed by atoms with Crippen molar-refractivity contribution in [2.24, 2.45) is 0 Å². The van der Waals surface area contributed by atoms with E-state index >= 15 is 0 Å². The lowest BCUT2D eigenvalue weighted by atomic mass is 10.1. The molecule has 5 heteroatoms. The zero-order chi connectivity index (χ0) is 16.1. The number of hydrogen-bond donors (Lipinski definition) is 1. The number of carbonyl (C=O) groups excluding carboxylic acids is 1. The van der Waals surface area contributed by atoms with E-state index in [4.69, 9.17) is 16.0 Å². The van der Waals surface area contributed by atoms with Gasteiger partial charge in [-0.15, -0.1) is 0 Å². The Bertz CT molecular complexity index is 637. The number of benzene rings is 1. The van der Waals surface area contributed by atoms with Crippen molar-refractivity contribution in [2.45, 2.75) is 19.4 Å². The van der Waals surface area contributed by atoms with Crippen LogP contribution in [0.4, 0.5) is 0 Å². The van der Waals surface area contributed by atoms with E-state index in [1.54, 1.807) is 6.07 Å². The number of likely N-dealkylation sites (N-methyl/N-ethyl adjacent to an activating group) is 1. The molecule has 0 fully saturated rings. The molecule has 2 rings (SSSR count). The first-order chi connectivity index (χ1) is 10.5. The molecule has 0 spiro atoms. The van der Waals surface area contributed by atoms with E-state index in [1.807, 2.05) is 56.3 Å². The highest BCUT2D eigenvalue weighted by atomic mass is 35.5. The average molecular weight is 321 g/mol. The highest BCUT2D eigenvalue weighted by Gasteiger charge is 2.19. The summed E-state index contributed by atoms with van der Waals surface area (Å²) in [6.45, 7) is 2.44. The Hall–Kier alpha value is -1.78. The van der Waals surface area contributed by atoms with Crippen molar-refractivity contribution >= 4 is 17.5 Å². The van der Waals surface area contributed by atoms with Crippen molar-refractivity contribution in [1.29, 1.82) is 0 Å². The molecular weight excluding hydrogens is 300 g/mol. The summed E-state index contributed by atoms with van der Waals surface area (Å²) >= 11 is 6.26. The van der Waals surface area contributed by atoms with Crippen molar-refractivity contribution in [3.8, 4) is 0 Å². The fraction of sp³-hybridized carbons (Fsp3) is 0.353. The molecule has 22 heavy (non-hydrogen) atoms. The molecule has 0 radical (unpaired) electrons. The topological polar surface area (TPSA) is 45.5 Å². The summed E-state index contributed by atoms with van der Waals surface area (Å²) in [4.78, 5) is 14.2. The molecule has 1 aromatic heterocycles. The molecule has 0 aliphatic carbocycles. The Morgan fingerprint density at radius 1 is 1.27 bits per heavy atom. The van der Waals surface area contributed by atoms with Crippen molar-refractivity contribution in [1.82, 2.24) is 10.2 Å². The van der Waals surface area contributed by atoms with Gasteiger partial charge in [0.25, 0.3) is 5.91 Å². The molecule has 2 aromatic rings. The summed E-state index contributed by atoms with van der Waals surface area (Å²) < 4.78 is 5.47. The second-order valence-corrected chi connectivity index (χ2v) is 5.74. The lowest BCUT2D eigenvalue weighted by molar-refractivity contribution is 0.0912. The fourth-order valence-corrected chi connectivity index (χ4v) is 2.54. The summed E-state index contributed by atoms with van der Waals surface area (Å²) in [5.41, 5.74) is 0.989. The maximum absolute atomic E-state index is 12.2. The molecular formula is C17H21ClN2O2. The van der Waals surface area contributed by atoms with Crippen LogP contribution in [0.25, 0.3) is 0 Å². The lowest BCUT2D eigenvalue weighted by Gasteiger charge is -2.25. The summed E-state index contributed by atoms with van der Waals surface area (Å²) in [6, 6.07) is 11.2. The van der Waals surface area contributed by atoms with Gasteiger partial charge in [0.1, 0.15) is 5.76 Å². The van der Waals surface area contributed by atoms with Gasteiger partial charge in [-0.1, -0.05) is 36.7 Å². The van der Waals surface area contributed by atoms with Gasteiger partial charge >= 0.3 is 0 Å². The minimum absolute atomic E-state index is 0.00161. The smallest absolute Gasteiger partial charge is 0.287 e. The van der Waals surface area contributed by atoms with Gasteiger partial charge in [0.2, 0.25) is 0 Å². The highest BCUT2D eigenvalue weighted by Crippen LogP contribution is 2.25. The number of aryl methyl sites for hydroxylation is 1. The summed E-state index contributed by atoms with van der Waals surface area (Å²) in [6.07, 6.45) is 0.771. The summed E-state index contributed by atoms with van der Waals surface area (Å²) in [5, 5.41) is 3.61. The Morgan fingerprint density at radius 3 is 2.59 bits per heavy atom. The number of furan rings is 1. The van der Waals surface area contributed by atoms with Crippen molar-refractivity contribution in [2.75, 3.05) is 20.6 Å². The third-order valence-electron chi connectivity index (χ3n) is 3.58. The van der Waals surface area contributed by atoms with Gasteiger partial charge in [-0.3, -0.25) is 4.79 Å². The van der Waals surface area contributed by atoms with Gasteiger partial charge in [-0.25, -0.2) is 0 Å². The first-order valence-electron chi connectivity index (χ1n) is 7.30. The molecule has 118 valence electrons. The van der Waals surface area contributed by atoms with E-state index < -0.39 is 0 Å². The number of hydrogen-bond acceptors (Lipinski definition) is 3. The molecule has 1 atom stereocenters. The molecule has 1 amide bonds. The monoisotopic (exact) mass is 320 g/mol. The van der Waals surface area contributed by atoms with Crippen molar-refractivity contribution < 1.29 is 9.21 Å². The Kier molecular flexibility index (Phi) is 5.63. The van der Waals surface area contributed by atoms with Crippen LogP contribution < -0.4 is 5.32 Å². The largest absolute Gasteiger partial charge is 0.456 e. The minimum Gasteiger partial charge on any atom is -0.456 e. The van der Waals surface area contributed by atoms with Crippen LogP contribution in [0.3, 0.4) is 0 Å². The normalized spacial score (nSPS) is 12.4. The van der Waals surface area contributed by atoms with Crippen LogP contribution in [-0.2, 0) is 6.42 Å². The summed E-state index contributed by atoms with van der Waals surface area (Å²) in [5.74, 6) is 0.938. The number of nitrogens with one attached hydrogen (secondary N) is 1. The molecule has 0 aliphatic rings. The molecule has 4 nitrogen and oxygen atoms in total. The van der Waals surface area contributed by atoms with Gasteiger partial charge in [-0.2, -0.15) is 0 Å². The van der Waals surface area contributed by atoms with Crippen molar-refractivity contribution in [3.63, 3.8) is 0 Å². The number of amides is 1. The molecule has 0 bridgehead atoms. The Balaban J connectivity index is 2.06. The highest BCUT2D eigenvalue weighted by molar-refractivity contribution is 6.31. The number of halogens is 1. The van der Waals surface area contributed by atoms with Crippen molar-refractivity contribution in [3.05, 3.63) is 58.5 Å². The standard InChI is InChI=1S/C17H21ClN2O2/c1-4-12-9-10-16(22-12)17(21)19-11-15(20(2)3)13-7-5-6-8-14(13)18/h5-10,15H,4,11H2,1-3H3,(H,19,21). The van der Waals surface area contributed by atoms with E-state index in [1.165, 1.54) is 0 Å². The lowest BCUT2D eigenvalue weighted by Crippen LogP contribution is -2.34. The van der Waals surface area contributed by atoms with Crippen LogP contribution in [0, 0.1) is 0 Å². The predicted octanol–water partition coefficient (Wildman–Crippen LogP) is 3.53. The maximum Gasteiger partial charge on any atom is 0.287 e. The average Bonchev–Trinajstić information content (AvgIpc) is 2.97. The van der Waals surface area contributed by atoms with E-state index in [0.29, 0.717) is 17.3 Å². The van der Waals surface area contributed by atoms with Crippen LogP contribution in [-0.4, -0.2) is 31.4 Å². The third-order valence-corrected chi connectivity index (χ3v) is 3.92. The van der Waals surface area contributed by atoms with Crippen LogP contribution in [0.5, 0.6) is 0 Å². The van der Waals surface area contributed by atoms with Gasteiger partial charge < -0.3 is 14.6 Å². The number of nitrogens with zero attached hydrogens (tertiary/aromatic N) is 1. The second kappa shape index (κ2) is 7.47. The molecule has 1 N–H and O–H groups in total. The maximum atomic E-state index is 12.2. The summed E-state index contributed by atoms with van der Waals surface area (Å²) in [7, 11) is 3.92.